The predicted octanol–water partition coefficient (Wildman–Crippen LogP) is 10.9. The molecule has 0 aromatic rings. The molecule has 0 aromatic heterocycles. The summed E-state index contributed by atoms with van der Waals surface area (Å²) in [7, 11) is 0. The number of unbranched alkanes of at least 4 members (excludes halogenated alkanes) is 36. The number of rotatable bonds is 62. The Morgan fingerprint density at radius 1 is 0.455 bits per heavy atom. The van der Waals surface area contributed by atoms with Crippen LogP contribution in [0.5, 0.6) is 0 Å². The molecule has 20 nitrogen and oxygen atoms in total. The predicted molar refractivity (Wildman–Crippen MR) is 350 cm³/mol. The second kappa shape index (κ2) is 57.6. The topological polar surface area (TPSA) is 310 Å². The summed E-state index contributed by atoms with van der Waals surface area (Å²) in [6, 6.07) is -8.37. The fraction of sp³-hybridized carbons (Fsp3) is 0.866. The molecule has 0 saturated heterocycles. The Morgan fingerprint density at radius 2 is 0.818 bits per heavy atom. The van der Waals surface area contributed by atoms with Gasteiger partial charge in [-0.2, -0.15) is 12.6 Å². The molecule has 512 valence electrons. The summed E-state index contributed by atoms with van der Waals surface area (Å²) in [5.41, 5.74) is 5.32. The van der Waals surface area contributed by atoms with Crippen LogP contribution in [0.25, 0.3) is 0 Å². The van der Waals surface area contributed by atoms with Gasteiger partial charge >= 0.3 is 17.9 Å². The lowest BCUT2D eigenvalue weighted by molar-refractivity contribution is -0.163. The molecule has 0 heterocycles. The number of carboxylic acid groups (broad SMARTS) is 1. The second-order valence-corrected chi connectivity index (χ2v) is 24.7. The lowest BCUT2D eigenvalue weighted by Crippen LogP contribution is -2.62. The van der Waals surface area contributed by atoms with Gasteiger partial charge in [0.1, 0.15) is 36.8 Å². The number of aliphatic hydroxyl groups is 2. The third-order valence-electron chi connectivity index (χ3n) is 16.1. The smallest absolute Gasteiger partial charge is 0.325 e. The fourth-order valence-electron chi connectivity index (χ4n) is 10.6. The van der Waals surface area contributed by atoms with Gasteiger partial charge in [0.05, 0.1) is 26.2 Å². The van der Waals surface area contributed by atoms with E-state index in [4.69, 9.17) is 15.2 Å². The van der Waals surface area contributed by atoms with Gasteiger partial charge in [-0.25, -0.2) is 0 Å². The number of hydrogen-bond acceptors (Lipinski definition) is 14. The molecule has 0 aliphatic rings. The van der Waals surface area contributed by atoms with E-state index < -0.39 is 122 Å². The number of thiol groups is 1. The number of primary amides is 1. The summed E-state index contributed by atoms with van der Waals surface area (Å²) < 4.78 is 11.6. The van der Waals surface area contributed by atoms with Crippen LogP contribution in [0.2, 0.25) is 0 Å². The number of aliphatic carboxylic acids is 1. The standard InChI is InChI=1S/C67H124N6O14S/c1-5-8-11-14-17-20-23-26-29-32-35-38-41-44-60(77)70-57(52-88)66(83)73(58(50-75)65(82)72-56(49-74)64(81)71-55(47-59(68)76)63(80)69-53(4)67(84)85)48-54(87-62(79)46-43-40-37-34-31-28-25-22-19-16-13-10-7-3)51-86-61(78)45-42-39-36-33-30-27-24-21-18-15-12-9-6-2/h53-58,74-75,88H,5-52H2,1-4H3,(H2,68,76)(H,69,80)(H,70,77)(H,71,81)(H,72,82)(H,84,85). The first kappa shape index (κ1) is 83.5. The molecule has 0 radical (unpaired) electrons. The highest BCUT2D eigenvalue weighted by Crippen LogP contribution is 2.18. The van der Waals surface area contributed by atoms with E-state index in [9.17, 15) is 58.5 Å². The van der Waals surface area contributed by atoms with Gasteiger partial charge in [0.2, 0.25) is 35.4 Å². The lowest BCUT2D eigenvalue weighted by atomic mass is 10.0. The molecule has 0 fully saturated rings. The monoisotopic (exact) mass is 1270 g/mol. The van der Waals surface area contributed by atoms with Crippen molar-refractivity contribution in [3.05, 3.63) is 0 Å². The van der Waals surface area contributed by atoms with E-state index in [0.29, 0.717) is 19.3 Å². The van der Waals surface area contributed by atoms with Gasteiger partial charge in [-0.1, -0.05) is 252 Å². The number of hydrogen-bond donors (Lipinski definition) is 9. The van der Waals surface area contributed by atoms with Gasteiger partial charge in [-0.3, -0.25) is 43.2 Å². The Bertz CT molecular complexity index is 1870. The number of esters is 2. The van der Waals surface area contributed by atoms with Crippen molar-refractivity contribution in [2.45, 2.75) is 340 Å². The Morgan fingerprint density at radius 3 is 1.18 bits per heavy atom. The largest absolute Gasteiger partial charge is 0.480 e. The van der Waals surface area contributed by atoms with Gasteiger partial charge < -0.3 is 56.7 Å². The maximum atomic E-state index is 14.8. The van der Waals surface area contributed by atoms with E-state index in [1.165, 1.54) is 148 Å². The molecular weight excluding hydrogens is 1140 g/mol. The third-order valence-corrected chi connectivity index (χ3v) is 16.5. The van der Waals surface area contributed by atoms with Crippen LogP contribution in [0.3, 0.4) is 0 Å². The molecule has 6 atom stereocenters. The van der Waals surface area contributed by atoms with Crippen molar-refractivity contribution in [2.24, 2.45) is 5.73 Å². The fourth-order valence-corrected chi connectivity index (χ4v) is 10.8. The normalized spacial score (nSPS) is 13.3. The number of ether oxygens (including phenoxy) is 2. The maximum Gasteiger partial charge on any atom is 0.325 e. The first-order valence-corrected chi connectivity index (χ1v) is 35.3. The van der Waals surface area contributed by atoms with Gasteiger partial charge in [0, 0.05) is 25.0 Å². The molecule has 21 heteroatoms. The van der Waals surface area contributed by atoms with Crippen LogP contribution in [-0.2, 0) is 52.6 Å². The number of carboxylic acids is 1. The average molecular weight is 1270 g/mol. The van der Waals surface area contributed by atoms with Crippen LogP contribution in [0.4, 0.5) is 0 Å². The summed E-state index contributed by atoms with van der Waals surface area (Å²) >= 11 is 4.40. The molecule has 0 bridgehead atoms. The molecule has 0 aliphatic carbocycles. The molecular formula is C67H124N6O14S. The molecule has 6 unspecified atom stereocenters. The maximum absolute atomic E-state index is 14.8. The minimum Gasteiger partial charge on any atom is -0.480 e. The van der Waals surface area contributed by atoms with Gasteiger partial charge in [-0.15, -0.1) is 0 Å². The summed E-state index contributed by atoms with van der Waals surface area (Å²) in [5.74, 6) is -8.92. The molecule has 0 spiro atoms. The SMILES string of the molecule is CCCCCCCCCCCCCCCC(=O)NC(CS)C(=O)N(CC(COC(=O)CCCCCCCCCCCCCCC)OC(=O)CCCCCCCCCCCCCCC)C(CO)C(=O)NC(CO)C(=O)NC(CC(N)=O)C(=O)NC(C)C(=O)O. The number of nitrogens with one attached hydrogen (secondary N) is 4. The number of aliphatic hydroxyl groups excluding tert-OH is 2. The second-order valence-electron chi connectivity index (χ2n) is 24.3. The van der Waals surface area contributed by atoms with Crippen LogP contribution < -0.4 is 27.0 Å². The summed E-state index contributed by atoms with van der Waals surface area (Å²) in [6.07, 6.45) is 41.3. The molecule has 0 saturated carbocycles. The first-order valence-electron chi connectivity index (χ1n) is 34.7. The van der Waals surface area contributed by atoms with Gasteiger partial charge in [0.25, 0.3) is 0 Å². The molecule has 0 aliphatic heterocycles. The van der Waals surface area contributed by atoms with Crippen molar-refractivity contribution in [3.63, 3.8) is 0 Å². The highest BCUT2D eigenvalue weighted by atomic mass is 32.1. The molecule has 0 rings (SSSR count). The zero-order chi connectivity index (χ0) is 65.4. The molecule has 88 heavy (non-hydrogen) atoms. The van der Waals surface area contributed by atoms with Crippen LogP contribution >= 0.6 is 12.6 Å². The Kier molecular flexibility index (Phi) is 54.7. The van der Waals surface area contributed by atoms with Crippen molar-refractivity contribution in [3.8, 4) is 0 Å². The highest BCUT2D eigenvalue weighted by molar-refractivity contribution is 7.80. The first-order chi connectivity index (χ1) is 42.5. The van der Waals surface area contributed by atoms with E-state index in [-0.39, 0.29) is 25.0 Å². The Balaban J connectivity index is 6.51. The van der Waals surface area contributed by atoms with Crippen LogP contribution in [0.1, 0.15) is 304 Å². The molecule has 9 N–H and O–H groups in total. The number of amides is 6. The summed E-state index contributed by atoms with van der Waals surface area (Å²) in [4.78, 5) is 120. The third kappa shape index (κ3) is 45.7. The van der Waals surface area contributed by atoms with Crippen molar-refractivity contribution in [1.29, 1.82) is 0 Å². The zero-order valence-corrected chi connectivity index (χ0v) is 56.1. The zero-order valence-electron chi connectivity index (χ0n) is 55.2. The molecule has 6 amide bonds. The number of carbonyl (C=O) groups excluding carboxylic acids is 8. The summed E-state index contributed by atoms with van der Waals surface area (Å²) in [6.45, 7) is 4.39. The van der Waals surface area contributed by atoms with Crippen LogP contribution in [0, 0.1) is 0 Å². The number of nitrogens with zero attached hydrogens (tertiary/aromatic N) is 1. The summed E-state index contributed by atoms with van der Waals surface area (Å²) in [5, 5.41) is 40.0. The Hall–Kier alpha value is -4.50. The van der Waals surface area contributed by atoms with Crippen molar-refractivity contribution in [1.82, 2.24) is 26.2 Å². The minimum absolute atomic E-state index is 0.00479. The van der Waals surface area contributed by atoms with E-state index in [1.54, 1.807) is 0 Å². The van der Waals surface area contributed by atoms with Crippen LogP contribution in [-0.4, -0.2) is 142 Å². The number of nitrogens with two attached hydrogens (primary N) is 1. The lowest BCUT2D eigenvalue weighted by Gasteiger charge is -2.35. The van der Waals surface area contributed by atoms with Crippen molar-refractivity contribution < 1.29 is 67.9 Å². The molecule has 0 aromatic carbocycles. The van der Waals surface area contributed by atoms with E-state index in [0.717, 1.165) is 95.3 Å². The van der Waals surface area contributed by atoms with Gasteiger partial charge in [0.15, 0.2) is 6.10 Å². The van der Waals surface area contributed by atoms with Gasteiger partial charge in [-0.05, 0) is 26.2 Å². The quantitative estimate of drug-likeness (QED) is 0.0155. The minimum atomic E-state index is -1.90. The van der Waals surface area contributed by atoms with Crippen LogP contribution in [0.15, 0.2) is 0 Å². The van der Waals surface area contributed by atoms with E-state index >= 15 is 0 Å². The van der Waals surface area contributed by atoms with E-state index in [1.807, 2.05) is 0 Å². The average Bonchev–Trinajstić information content (AvgIpc) is 1.46. The van der Waals surface area contributed by atoms with E-state index in [2.05, 4.69) is 54.7 Å². The number of carbonyl (C=O) groups is 9. The van der Waals surface area contributed by atoms with Crippen molar-refractivity contribution in [2.75, 3.05) is 32.1 Å². The van der Waals surface area contributed by atoms with Crippen molar-refractivity contribution >= 4 is 66.0 Å². The highest BCUT2D eigenvalue weighted by Gasteiger charge is 2.38. The Labute approximate surface area is 535 Å².